The predicted octanol–water partition coefficient (Wildman–Crippen LogP) is 4.61. The Kier molecular flexibility index (Phi) is 6.22. The van der Waals surface area contributed by atoms with Gasteiger partial charge in [0.15, 0.2) is 6.61 Å². The van der Waals surface area contributed by atoms with Gasteiger partial charge in [0.1, 0.15) is 10.6 Å². The van der Waals surface area contributed by atoms with Crippen molar-refractivity contribution in [2.75, 3.05) is 18.5 Å². The molecule has 1 N–H and O–H groups in total. The van der Waals surface area contributed by atoms with Gasteiger partial charge in [-0.3, -0.25) is 4.79 Å². The second-order valence-electron chi connectivity index (χ2n) is 5.58. The molecule has 138 valence electrons. The van der Waals surface area contributed by atoms with Crippen LogP contribution in [0.1, 0.15) is 16.6 Å². The van der Waals surface area contributed by atoms with E-state index in [1.54, 1.807) is 18.2 Å². The first-order chi connectivity index (χ1) is 13.2. The van der Waals surface area contributed by atoms with E-state index < -0.39 is 11.9 Å². The summed E-state index contributed by atoms with van der Waals surface area (Å²) >= 11 is 1.29. The minimum atomic E-state index is -0.517. The largest absolute Gasteiger partial charge is 0.492 e. The summed E-state index contributed by atoms with van der Waals surface area (Å²) in [7, 11) is 0. The number of hydrogen-bond acceptors (Lipinski definition) is 5. The van der Waals surface area contributed by atoms with Crippen molar-refractivity contribution in [3.05, 3.63) is 70.9 Å². The number of hydrogen-bond donors (Lipinski definition) is 1. The lowest BCUT2D eigenvalue weighted by atomic mass is 10.1. The van der Waals surface area contributed by atoms with Crippen molar-refractivity contribution in [1.82, 2.24) is 0 Å². The molecule has 0 fully saturated rings. The molecule has 0 saturated heterocycles. The standard InChI is InChI=1S/C21H19NO4S/c1-2-25-18-11-7-6-10-17(18)22-19(23)14-26-21(24)20-16(12-13-27-20)15-8-4-3-5-9-15/h3-13H,2,14H2,1H3,(H,22,23). The number of nitrogens with one attached hydrogen (secondary N) is 1. The van der Waals surface area contributed by atoms with E-state index in [9.17, 15) is 9.59 Å². The van der Waals surface area contributed by atoms with E-state index in [4.69, 9.17) is 9.47 Å². The molecule has 0 spiro atoms. The summed E-state index contributed by atoms with van der Waals surface area (Å²) in [4.78, 5) is 25.0. The number of ether oxygens (including phenoxy) is 2. The molecule has 27 heavy (non-hydrogen) atoms. The molecule has 0 bridgehead atoms. The fourth-order valence-corrected chi connectivity index (χ4v) is 3.35. The van der Waals surface area contributed by atoms with Crippen molar-refractivity contribution in [3.63, 3.8) is 0 Å². The van der Waals surface area contributed by atoms with E-state index in [1.807, 2.05) is 54.8 Å². The SMILES string of the molecule is CCOc1ccccc1NC(=O)COC(=O)c1sccc1-c1ccccc1. The highest BCUT2D eigenvalue weighted by Gasteiger charge is 2.17. The molecule has 3 aromatic rings. The van der Waals surface area contributed by atoms with E-state index in [0.717, 1.165) is 11.1 Å². The summed E-state index contributed by atoms with van der Waals surface area (Å²) in [6, 6.07) is 18.6. The fourth-order valence-electron chi connectivity index (χ4n) is 2.55. The van der Waals surface area contributed by atoms with E-state index in [0.29, 0.717) is 22.9 Å². The zero-order valence-electron chi connectivity index (χ0n) is 14.8. The molecule has 0 aliphatic heterocycles. The zero-order chi connectivity index (χ0) is 19.1. The van der Waals surface area contributed by atoms with Gasteiger partial charge in [0.2, 0.25) is 0 Å². The zero-order valence-corrected chi connectivity index (χ0v) is 15.6. The van der Waals surface area contributed by atoms with Crippen molar-refractivity contribution in [2.45, 2.75) is 6.92 Å². The molecule has 0 atom stereocenters. The van der Waals surface area contributed by atoms with Crippen LogP contribution in [0.4, 0.5) is 5.69 Å². The topological polar surface area (TPSA) is 64.6 Å². The molecule has 1 aromatic heterocycles. The van der Waals surface area contributed by atoms with Gasteiger partial charge in [-0.25, -0.2) is 4.79 Å². The van der Waals surface area contributed by atoms with Crippen LogP contribution < -0.4 is 10.1 Å². The normalized spacial score (nSPS) is 10.3. The summed E-state index contributed by atoms with van der Waals surface area (Å²) in [5.41, 5.74) is 2.27. The number of carbonyl (C=O) groups is 2. The minimum Gasteiger partial charge on any atom is -0.492 e. The fraction of sp³-hybridized carbons (Fsp3) is 0.143. The molecule has 5 nitrogen and oxygen atoms in total. The molecule has 0 aliphatic carbocycles. The Morgan fingerprint density at radius 1 is 1.00 bits per heavy atom. The van der Waals surface area contributed by atoms with E-state index >= 15 is 0 Å². The maximum Gasteiger partial charge on any atom is 0.349 e. The van der Waals surface area contributed by atoms with Gasteiger partial charge in [-0.1, -0.05) is 42.5 Å². The Labute approximate surface area is 161 Å². The monoisotopic (exact) mass is 381 g/mol. The van der Waals surface area contributed by atoms with Gasteiger partial charge < -0.3 is 14.8 Å². The third-order valence-corrected chi connectivity index (χ3v) is 4.63. The van der Waals surface area contributed by atoms with Crippen LogP contribution in [-0.4, -0.2) is 25.1 Å². The highest BCUT2D eigenvalue weighted by Crippen LogP contribution is 2.29. The highest BCUT2D eigenvalue weighted by molar-refractivity contribution is 7.12. The third-order valence-electron chi connectivity index (χ3n) is 3.73. The van der Waals surface area contributed by atoms with Crippen molar-refractivity contribution in [1.29, 1.82) is 0 Å². The summed E-state index contributed by atoms with van der Waals surface area (Å²) in [5, 5.41) is 4.54. The van der Waals surface area contributed by atoms with Crippen LogP contribution in [0.2, 0.25) is 0 Å². The lowest BCUT2D eigenvalue weighted by Crippen LogP contribution is -2.21. The molecule has 1 heterocycles. The number of para-hydroxylation sites is 2. The quantitative estimate of drug-likeness (QED) is 0.607. The van der Waals surface area contributed by atoms with Crippen LogP contribution >= 0.6 is 11.3 Å². The molecule has 2 aromatic carbocycles. The highest BCUT2D eigenvalue weighted by atomic mass is 32.1. The van der Waals surface area contributed by atoms with Crippen molar-refractivity contribution < 1.29 is 19.1 Å². The first-order valence-electron chi connectivity index (χ1n) is 8.50. The Balaban J connectivity index is 1.62. The van der Waals surface area contributed by atoms with Gasteiger partial charge >= 0.3 is 5.97 Å². The predicted molar refractivity (Wildman–Crippen MR) is 106 cm³/mol. The minimum absolute atomic E-state index is 0.370. The second kappa shape index (κ2) is 9.00. The second-order valence-corrected chi connectivity index (χ2v) is 6.50. The number of benzene rings is 2. The Morgan fingerprint density at radius 2 is 1.74 bits per heavy atom. The van der Waals surface area contributed by atoms with Gasteiger partial charge in [0.05, 0.1) is 12.3 Å². The Bertz CT molecular complexity index is 921. The summed E-state index contributed by atoms with van der Waals surface area (Å²) in [6.45, 7) is 1.99. The van der Waals surface area contributed by atoms with Crippen LogP contribution in [0, 0.1) is 0 Å². The molecule has 0 aliphatic rings. The van der Waals surface area contributed by atoms with Gasteiger partial charge in [0, 0.05) is 5.56 Å². The van der Waals surface area contributed by atoms with Crippen molar-refractivity contribution in [3.8, 4) is 16.9 Å². The number of rotatable bonds is 7. The number of amides is 1. The first-order valence-corrected chi connectivity index (χ1v) is 9.38. The van der Waals surface area contributed by atoms with Crippen LogP contribution in [0.3, 0.4) is 0 Å². The Morgan fingerprint density at radius 3 is 2.52 bits per heavy atom. The van der Waals surface area contributed by atoms with Crippen LogP contribution in [0.5, 0.6) is 5.75 Å². The van der Waals surface area contributed by atoms with Crippen LogP contribution in [-0.2, 0) is 9.53 Å². The third kappa shape index (κ3) is 4.74. The molecule has 0 radical (unpaired) electrons. The molecule has 0 unspecified atom stereocenters. The summed E-state index contributed by atoms with van der Waals surface area (Å²) < 4.78 is 10.7. The molecule has 6 heteroatoms. The lowest BCUT2D eigenvalue weighted by Gasteiger charge is -2.11. The Hall–Kier alpha value is -3.12. The van der Waals surface area contributed by atoms with Gasteiger partial charge in [-0.2, -0.15) is 0 Å². The van der Waals surface area contributed by atoms with E-state index in [1.165, 1.54) is 11.3 Å². The molecule has 0 saturated carbocycles. The van der Waals surface area contributed by atoms with Crippen molar-refractivity contribution >= 4 is 28.9 Å². The molecular formula is C21H19NO4S. The van der Waals surface area contributed by atoms with E-state index in [-0.39, 0.29) is 6.61 Å². The number of anilines is 1. The summed E-state index contributed by atoms with van der Waals surface area (Å²) in [6.07, 6.45) is 0. The van der Waals surface area contributed by atoms with Gasteiger partial charge in [0.25, 0.3) is 5.91 Å². The number of thiophene rings is 1. The molecule has 1 amide bonds. The average molecular weight is 381 g/mol. The smallest absolute Gasteiger partial charge is 0.349 e. The average Bonchev–Trinajstić information content (AvgIpc) is 3.18. The van der Waals surface area contributed by atoms with Crippen molar-refractivity contribution in [2.24, 2.45) is 0 Å². The van der Waals surface area contributed by atoms with Crippen LogP contribution in [0.25, 0.3) is 11.1 Å². The van der Waals surface area contributed by atoms with E-state index in [2.05, 4.69) is 5.32 Å². The van der Waals surface area contributed by atoms with Gasteiger partial charge in [-0.15, -0.1) is 11.3 Å². The molecular weight excluding hydrogens is 362 g/mol. The maximum atomic E-state index is 12.4. The maximum absolute atomic E-state index is 12.4. The summed E-state index contributed by atoms with van der Waals surface area (Å²) in [5.74, 6) is -0.366. The molecule has 3 rings (SSSR count). The number of esters is 1. The van der Waals surface area contributed by atoms with Crippen LogP contribution in [0.15, 0.2) is 66.0 Å². The first kappa shape index (κ1) is 18.7. The van der Waals surface area contributed by atoms with Gasteiger partial charge in [-0.05, 0) is 36.1 Å². The lowest BCUT2D eigenvalue weighted by molar-refractivity contribution is -0.119. The number of carbonyl (C=O) groups excluding carboxylic acids is 2.